The van der Waals surface area contributed by atoms with Gasteiger partial charge in [0.25, 0.3) is 0 Å². The summed E-state index contributed by atoms with van der Waals surface area (Å²) in [5.74, 6) is 0. The second kappa shape index (κ2) is 5.79. The summed E-state index contributed by atoms with van der Waals surface area (Å²) < 4.78 is 26.7. The third-order valence-electron chi connectivity index (χ3n) is 3.51. The van der Waals surface area contributed by atoms with Gasteiger partial charge in [-0.1, -0.05) is 18.0 Å². The van der Waals surface area contributed by atoms with Crippen LogP contribution in [0.1, 0.15) is 24.8 Å². The molecule has 1 saturated heterocycles. The molecule has 1 N–H and O–H groups in total. The molecule has 0 amide bonds. The summed E-state index contributed by atoms with van der Waals surface area (Å²) in [5, 5.41) is 9.88. The molecule has 4 nitrogen and oxygen atoms in total. The minimum atomic E-state index is -3.56. The van der Waals surface area contributed by atoms with Crippen molar-refractivity contribution in [3.63, 3.8) is 0 Å². The minimum absolute atomic E-state index is 0.133. The second-order valence-corrected chi connectivity index (χ2v) is 7.15. The van der Waals surface area contributed by atoms with Crippen molar-refractivity contribution in [1.29, 1.82) is 0 Å². The maximum absolute atomic E-state index is 12.7. The van der Waals surface area contributed by atoms with Crippen LogP contribution in [0.15, 0.2) is 23.1 Å². The Kier molecular flexibility index (Phi) is 4.50. The van der Waals surface area contributed by atoms with Gasteiger partial charge >= 0.3 is 0 Å². The number of nitrogens with zero attached hydrogens (tertiary/aromatic N) is 1. The molecule has 2 rings (SSSR count). The molecule has 6 heteroatoms. The van der Waals surface area contributed by atoms with E-state index in [9.17, 15) is 13.5 Å². The summed E-state index contributed by atoms with van der Waals surface area (Å²) in [6.45, 7) is 2.07. The van der Waals surface area contributed by atoms with E-state index in [0.29, 0.717) is 23.6 Å². The highest BCUT2D eigenvalue weighted by molar-refractivity contribution is 7.89. The number of rotatable bonds is 3. The van der Waals surface area contributed by atoms with E-state index in [1.807, 2.05) is 0 Å². The molecule has 0 aliphatic carbocycles. The number of aryl methyl sites for hydroxylation is 1. The van der Waals surface area contributed by atoms with Crippen molar-refractivity contribution in [3.8, 4) is 0 Å². The molecular formula is C13H18ClNO3S. The highest BCUT2D eigenvalue weighted by atomic mass is 35.5. The van der Waals surface area contributed by atoms with E-state index in [1.54, 1.807) is 19.1 Å². The maximum Gasteiger partial charge on any atom is 0.243 e. The zero-order chi connectivity index (χ0) is 14.0. The van der Waals surface area contributed by atoms with E-state index < -0.39 is 10.0 Å². The number of sulfonamides is 1. The van der Waals surface area contributed by atoms with E-state index in [2.05, 4.69) is 0 Å². The van der Waals surface area contributed by atoms with Gasteiger partial charge in [0, 0.05) is 17.6 Å². The van der Waals surface area contributed by atoms with Crippen LogP contribution in [0, 0.1) is 6.92 Å². The van der Waals surface area contributed by atoms with Gasteiger partial charge in [-0.25, -0.2) is 8.42 Å². The van der Waals surface area contributed by atoms with Crippen LogP contribution in [0.3, 0.4) is 0 Å². The molecule has 1 fully saturated rings. The van der Waals surface area contributed by atoms with Crippen LogP contribution in [0.25, 0.3) is 0 Å². The topological polar surface area (TPSA) is 57.6 Å². The van der Waals surface area contributed by atoms with Gasteiger partial charge < -0.3 is 5.11 Å². The molecule has 0 bridgehead atoms. The smallest absolute Gasteiger partial charge is 0.243 e. The van der Waals surface area contributed by atoms with Gasteiger partial charge in [-0.3, -0.25) is 0 Å². The average molecular weight is 304 g/mol. The van der Waals surface area contributed by atoms with Crippen molar-refractivity contribution in [2.24, 2.45) is 0 Å². The maximum atomic E-state index is 12.7. The van der Waals surface area contributed by atoms with Crippen LogP contribution in [0.5, 0.6) is 0 Å². The Morgan fingerprint density at radius 2 is 2.16 bits per heavy atom. The standard InChI is InChI=1S/C13H18ClNO3S/c1-10-8-11(14)5-6-13(10)19(17,18)15-7-3-2-4-12(15)9-16/h5-6,8,12,16H,2-4,7,9H2,1H3. The van der Waals surface area contributed by atoms with E-state index >= 15 is 0 Å². The molecular weight excluding hydrogens is 286 g/mol. The first-order chi connectivity index (χ1) is 8.96. The Morgan fingerprint density at radius 1 is 1.42 bits per heavy atom. The number of halogens is 1. The quantitative estimate of drug-likeness (QED) is 0.931. The van der Waals surface area contributed by atoms with E-state index in [-0.39, 0.29) is 17.5 Å². The lowest BCUT2D eigenvalue weighted by Crippen LogP contribution is -2.45. The Labute approximate surface area is 119 Å². The lowest BCUT2D eigenvalue weighted by molar-refractivity contribution is 0.155. The third-order valence-corrected chi connectivity index (χ3v) is 5.85. The molecule has 1 unspecified atom stereocenters. The van der Waals surface area contributed by atoms with Crippen LogP contribution in [0.4, 0.5) is 0 Å². The zero-order valence-electron chi connectivity index (χ0n) is 10.8. The molecule has 19 heavy (non-hydrogen) atoms. The van der Waals surface area contributed by atoms with Gasteiger partial charge in [-0.15, -0.1) is 0 Å². The molecule has 1 aliphatic rings. The van der Waals surface area contributed by atoms with Gasteiger partial charge in [-0.2, -0.15) is 4.31 Å². The van der Waals surface area contributed by atoms with Crippen molar-refractivity contribution in [2.75, 3.05) is 13.2 Å². The number of benzene rings is 1. The molecule has 0 aromatic heterocycles. The number of aliphatic hydroxyl groups excluding tert-OH is 1. The summed E-state index contributed by atoms with van der Waals surface area (Å²) >= 11 is 5.86. The van der Waals surface area contributed by atoms with Gasteiger partial charge in [0.05, 0.1) is 11.5 Å². The van der Waals surface area contributed by atoms with E-state index in [1.165, 1.54) is 10.4 Å². The zero-order valence-corrected chi connectivity index (χ0v) is 12.4. The number of piperidine rings is 1. The van der Waals surface area contributed by atoms with Crippen molar-refractivity contribution < 1.29 is 13.5 Å². The van der Waals surface area contributed by atoms with Crippen molar-refractivity contribution in [1.82, 2.24) is 4.31 Å². The summed E-state index contributed by atoms with van der Waals surface area (Å²) in [6.07, 6.45) is 2.50. The lowest BCUT2D eigenvalue weighted by Gasteiger charge is -2.33. The minimum Gasteiger partial charge on any atom is -0.395 e. The molecule has 1 aliphatic heterocycles. The van der Waals surface area contributed by atoms with Crippen LogP contribution in [0.2, 0.25) is 5.02 Å². The number of hydrogen-bond acceptors (Lipinski definition) is 3. The first kappa shape index (κ1) is 14.8. The average Bonchev–Trinajstić information content (AvgIpc) is 2.38. The van der Waals surface area contributed by atoms with Crippen LogP contribution in [-0.4, -0.2) is 37.0 Å². The fraction of sp³-hybridized carbons (Fsp3) is 0.538. The Morgan fingerprint density at radius 3 is 2.79 bits per heavy atom. The fourth-order valence-corrected chi connectivity index (χ4v) is 4.62. The SMILES string of the molecule is Cc1cc(Cl)ccc1S(=O)(=O)N1CCCCC1CO. The highest BCUT2D eigenvalue weighted by Gasteiger charge is 2.33. The third kappa shape index (κ3) is 2.94. The van der Waals surface area contributed by atoms with Crippen LogP contribution in [-0.2, 0) is 10.0 Å². The first-order valence-corrected chi connectivity index (χ1v) is 8.17. The fourth-order valence-electron chi connectivity index (χ4n) is 2.50. The summed E-state index contributed by atoms with van der Waals surface area (Å²) in [6, 6.07) is 4.45. The van der Waals surface area contributed by atoms with Gasteiger partial charge in [0.15, 0.2) is 0 Å². The normalized spacial score (nSPS) is 21.5. The first-order valence-electron chi connectivity index (χ1n) is 6.35. The summed E-state index contributed by atoms with van der Waals surface area (Å²) in [5.41, 5.74) is 0.634. The van der Waals surface area contributed by atoms with Gasteiger partial charge in [0.2, 0.25) is 10.0 Å². The van der Waals surface area contributed by atoms with Gasteiger partial charge in [0.1, 0.15) is 0 Å². The van der Waals surface area contributed by atoms with Crippen LogP contribution < -0.4 is 0 Å². The summed E-state index contributed by atoms with van der Waals surface area (Å²) in [4.78, 5) is 0.275. The second-order valence-electron chi connectivity index (χ2n) is 4.86. The molecule has 1 aromatic rings. The summed E-state index contributed by atoms with van der Waals surface area (Å²) in [7, 11) is -3.56. The van der Waals surface area contributed by atoms with Gasteiger partial charge in [-0.05, 0) is 43.5 Å². The molecule has 0 saturated carbocycles. The highest BCUT2D eigenvalue weighted by Crippen LogP contribution is 2.28. The lowest BCUT2D eigenvalue weighted by atomic mass is 10.1. The van der Waals surface area contributed by atoms with Crippen molar-refractivity contribution >= 4 is 21.6 Å². The molecule has 1 atom stereocenters. The Hall–Kier alpha value is -0.620. The molecule has 0 radical (unpaired) electrons. The predicted molar refractivity (Wildman–Crippen MR) is 74.8 cm³/mol. The number of aliphatic hydroxyl groups is 1. The largest absolute Gasteiger partial charge is 0.395 e. The molecule has 106 valence electrons. The van der Waals surface area contributed by atoms with E-state index in [4.69, 9.17) is 11.6 Å². The monoisotopic (exact) mass is 303 g/mol. The van der Waals surface area contributed by atoms with Crippen molar-refractivity contribution in [3.05, 3.63) is 28.8 Å². The van der Waals surface area contributed by atoms with Crippen LogP contribution >= 0.6 is 11.6 Å². The Balaban J connectivity index is 2.40. The van der Waals surface area contributed by atoms with E-state index in [0.717, 1.165) is 12.8 Å². The molecule has 0 spiro atoms. The molecule has 1 heterocycles. The molecule has 1 aromatic carbocycles. The number of hydrogen-bond donors (Lipinski definition) is 1. The Bertz CT molecular complexity index is 559. The predicted octanol–water partition coefficient (Wildman–Crippen LogP) is 2.18. The van der Waals surface area contributed by atoms with Crippen molar-refractivity contribution in [2.45, 2.75) is 37.1 Å².